The monoisotopic (exact) mass is 314 g/mol. The minimum absolute atomic E-state index is 0.736. The van der Waals surface area contributed by atoms with Gasteiger partial charge in [-0.15, -0.1) is 11.3 Å². The molecule has 0 aliphatic rings. The fraction of sp³-hybridized carbons (Fsp3) is 0.364. The Kier molecular flexibility index (Phi) is 3.73. The SMILES string of the molecule is Cc1nn(C)c(NCCc2ccc(Br)s2)c1N. The standard InChI is InChI=1S/C11H15BrN4S/c1-7-10(13)11(16(2)15-7)14-6-5-8-3-4-9(12)17-8/h3-4,14H,5-6,13H2,1-2H3. The van der Waals surface area contributed by atoms with Gasteiger partial charge in [-0.1, -0.05) is 0 Å². The van der Waals surface area contributed by atoms with Crippen LogP contribution in [0.15, 0.2) is 15.9 Å². The maximum atomic E-state index is 5.94. The number of nitrogens with one attached hydrogen (secondary N) is 1. The number of aromatic nitrogens is 2. The maximum absolute atomic E-state index is 5.94. The van der Waals surface area contributed by atoms with E-state index in [1.165, 1.54) is 8.66 Å². The average molecular weight is 315 g/mol. The molecule has 0 spiro atoms. The molecule has 0 unspecified atom stereocenters. The first kappa shape index (κ1) is 12.4. The molecule has 0 aromatic carbocycles. The molecule has 0 bridgehead atoms. The number of rotatable bonds is 4. The van der Waals surface area contributed by atoms with Gasteiger partial charge in [-0.2, -0.15) is 5.10 Å². The fourth-order valence-corrected chi connectivity index (χ4v) is 3.16. The second-order valence-corrected chi connectivity index (χ2v) is 6.40. The molecule has 2 rings (SSSR count). The number of nitrogens with two attached hydrogens (primary N) is 1. The Balaban J connectivity index is 1.94. The summed E-state index contributed by atoms with van der Waals surface area (Å²) < 4.78 is 2.96. The van der Waals surface area contributed by atoms with Crippen LogP contribution in [0.1, 0.15) is 10.6 Å². The normalized spacial score (nSPS) is 10.8. The third-order valence-electron chi connectivity index (χ3n) is 2.56. The molecule has 2 aromatic rings. The molecule has 0 amide bonds. The van der Waals surface area contributed by atoms with Crippen LogP contribution in [-0.2, 0) is 13.5 Å². The van der Waals surface area contributed by atoms with Gasteiger partial charge in [-0.05, 0) is 41.4 Å². The summed E-state index contributed by atoms with van der Waals surface area (Å²) in [5.74, 6) is 0.901. The molecule has 0 aliphatic carbocycles. The number of nitrogens with zero attached hydrogens (tertiary/aromatic N) is 2. The third-order valence-corrected chi connectivity index (χ3v) is 4.24. The van der Waals surface area contributed by atoms with Gasteiger partial charge < -0.3 is 11.1 Å². The van der Waals surface area contributed by atoms with Crippen LogP contribution in [0.2, 0.25) is 0 Å². The van der Waals surface area contributed by atoms with Gasteiger partial charge in [0.1, 0.15) is 5.82 Å². The van der Waals surface area contributed by atoms with E-state index in [9.17, 15) is 0 Å². The van der Waals surface area contributed by atoms with Gasteiger partial charge in [0, 0.05) is 18.5 Å². The van der Waals surface area contributed by atoms with E-state index in [-0.39, 0.29) is 0 Å². The first-order chi connectivity index (χ1) is 8.08. The topological polar surface area (TPSA) is 55.9 Å². The number of hydrogen-bond donors (Lipinski definition) is 2. The Morgan fingerprint density at radius 1 is 1.53 bits per heavy atom. The fourth-order valence-electron chi connectivity index (χ4n) is 1.67. The molecular formula is C11H15BrN4S. The van der Waals surface area contributed by atoms with Crippen LogP contribution in [-0.4, -0.2) is 16.3 Å². The highest BCUT2D eigenvalue weighted by Gasteiger charge is 2.08. The molecule has 0 atom stereocenters. The van der Waals surface area contributed by atoms with E-state index in [0.29, 0.717) is 0 Å². The van der Waals surface area contributed by atoms with Gasteiger partial charge in [0.05, 0.1) is 15.2 Å². The first-order valence-electron chi connectivity index (χ1n) is 5.35. The van der Waals surface area contributed by atoms with Crippen LogP contribution in [0, 0.1) is 6.92 Å². The smallest absolute Gasteiger partial charge is 0.147 e. The van der Waals surface area contributed by atoms with Gasteiger partial charge in [0.15, 0.2) is 0 Å². The second-order valence-electron chi connectivity index (χ2n) is 3.85. The lowest BCUT2D eigenvalue weighted by atomic mass is 10.3. The Hall–Kier alpha value is -1.01. The largest absolute Gasteiger partial charge is 0.394 e. The predicted molar refractivity (Wildman–Crippen MR) is 76.6 cm³/mol. The van der Waals surface area contributed by atoms with Crippen molar-refractivity contribution in [2.75, 3.05) is 17.6 Å². The molecule has 0 saturated carbocycles. The van der Waals surface area contributed by atoms with Crippen molar-refractivity contribution in [1.82, 2.24) is 9.78 Å². The second kappa shape index (κ2) is 5.10. The summed E-state index contributed by atoms with van der Waals surface area (Å²) >= 11 is 5.22. The van der Waals surface area contributed by atoms with Crippen LogP contribution < -0.4 is 11.1 Å². The summed E-state index contributed by atoms with van der Waals surface area (Å²) in [4.78, 5) is 1.35. The molecule has 17 heavy (non-hydrogen) atoms. The van der Waals surface area contributed by atoms with Gasteiger partial charge in [0.25, 0.3) is 0 Å². The molecule has 0 radical (unpaired) electrons. The minimum Gasteiger partial charge on any atom is -0.394 e. The number of aryl methyl sites for hydroxylation is 2. The summed E-state index contributed by atoms with van der Waals surface area (Å²) in [5, 5.41) is 7.59. The van der Waals surface area contributed by atoms with E-state index < -0.39 is 0 Å². The average Bonchev–Trinajstić information content (AvgIpc) is 2.78. The minimum atomic E-state index is 0.736. The van der Waals surface area contributed by atoms with Gasteiger partial charge in [0.2, 0.25) is 0 Å². The third kappa shape index (κ3) is 2.81. The lowest BCUT2D eigenvalue weighted by Crippen LogP contribution is -2.09. The lowest BCUT2D eigenvalue weighted by molar-refractivity contribution is 0.757. The van der Waals surface area contributed by atoms with Crippen molar-refractivity contribution < 1.29 is 0 Å². The Bertz CT molecular complexity index is 518. The van der Waals surface area contributed by atoms with Crippen molar-refractivity contribution in [2.24, 2.45) is 7.05 Å². The Labute approximate surface area is 113 Å². The van der Waals surface area contributed by atoms with Crippen LogP contribution in [0.4, 0.5) is 11.5 Å². The maximum Gasteiger partial charge on any atom is 0.147 e. The number of nitrogen functional groups attached to an aromatic ring is 1. The highest BCUT2D eigenvalue weighted by atomic mass is 79.9. The van der Waals surface area contributed by atoms with Crippen molar-refractivity contribution in [1.29, 1.82) is 0 Å². The van der Waals surface area contributed by atoms with E-state index in [2.05, 4.69) is 38.5 Å². The van der Waals surface area contributed by atoms with Crippen LogP contribution in [0.5, 0.6) is 0 Å². The molecule has 0 aliphatic heterocycles. The van der Waals surface area contributed by atoms with Crippen molar-refractivity contribution in [3.8, 4) is 0 Å². The Morgan fingerprint density at radius 2 is 2.29 bits per heavy atom. The zero-order chi connectivity index (χ0) is 12.4. The molecule has 92 valence electrons. The first-order valence-corrected chi connectivity index (χ1v) is 6.96. The van der Waals surface area contributed by atoms with E-state index in [1.54, 1.807) is 16.0 Å². The van der Waals surface area contributed by atoms with Crippen molar-refractivity contribution >= 4 is 38.8 Å². The molecular weight excluding hydrogens is 300 g/mol. The van der Waals surface area contributed by atoms with E-state index >= 15 is 0 Å². The van der Waals surface area contributed by atoms with Crippen LogP contribution in [0.25, 0.3) is 0 Å². The number of halogens is 1. The molecule has 2 aromatic heterocycles. The summed E-state index contributed by atoms with van der Waals surface area (Å²) in [7, 11) is 1.90. The van der Waals surface area contributed by atoms with Crippen molar-refractivity contribution in [3.63, 3.8) is 0 Å². The number of thiophene rings is 1. The molecule has 2 heterocycles. The zero-order valence-electron chi connectivity index (χ0n) is 9.83. The summed E-state index contributed by atoms with van der Waals surface area (Å²) in [6.07, 6.45) is 0.986. The van der Waals surface area contributed by atoms with Gasteiger partial charge >= 0.3 is 0 Å². The number of anilines is 2. The summed E-state index contributed by atoms with van der Waals surface area (Å²) in [5.41, 5.74) is 7.54. The summed E-state index contributed by atoms with van der Waals surface area (Å²) in [6, 6.07) is 4.21. The molecule has 0 fully saturated rings. The molecule has 0 saturated heterocycles. The van der Waals surface area contributed by atoms with Crippen molar-refractivity contribution in [2.45, 2.75) is 13.3 Å². The van der Waals surface area contributed by atoms with Crippen molar-refractivity contribution in [3.05, 3.63) is 26.5 Å². The number of hydrogen-bond acceptors (Lipinski definition) is 4. The molecule has 4 nitrogen and oxygen atoms in total. The Morgan fingerprint density at radius 3 is 2.82 bits per heavy atom. The lowest BCUT2D eigenvalue weighted by Gasteiger charge is -2.06. The van der Waals surface area contributed by atoms with Gasteiger partial charge in [-0.3, -0.25) is 4.68 Å². The van der Waals surface area contributed by atoms with E-state index in [1.807, 2.05) is 14.0 Å². The quantitative estimate of drug-likeness (QED) is 0.912. The van der Waals surface area contributed by atoms with E-state index in [4.69, 9.17) is 5.73 Å². The van der Waals surface area contributed by atoms with Crippen LogP contribution >= 0.6 is 27.3 Å². The molecule has 3 N–H and O–H groups in total. The predicted octanol–water partition coefficient (Wildman–Crippen LogP) is 2.79. The van der Waals surface area contributed by atoms with E-state index in [0.717, 1.165) is 30.2 Å². The highest BCUT2D eigenvalue weighted by Crippen LogP contribution is 2.23. The zero-order valence-corrected chi connectivity index (χ0v) is 12.2. The van der Waals surface area contributed by atoms with Gasteiger partial charge in [-0.25, -0.2) is 0 Å². The summed E-state index contributed by atoms with van der Waals surface area (Å²) in [6.45, 7) is 2.77. The van der Waals surface area contributed by atoms with Crippen LogP contribution in [0.3, 0.4) is 0 Å². The molecule has 6 heteroatoms. The highest BCUT2D eigenvalue weighted by molar-refractivity contribution is 9.11.